The van der Waals surface area contributed by atoms with Crippen LogP contribution < -0.4 is 10.1 Å². The summed E-state index contributed by atoms with van der Waals surface area (Å²) in [6.45, 7) is 9.18. The van der Waals surface area contributed by atoms with Crippen LogP contribution in [0.3, 0.4) is 0 Å². The van der Waals surface area contributed by atoms with Gasteiger partial charge in [0.15, 0.2) is 0 Å². The summed E-state index contributed by atoms with van der Waals surface area (Å²) in [4.78, 5) is 3.98. The van der Waals surface area contributed by atoms with Gasteiger partial charge >= 0.3 is 0 Å². The van der Waals surface area contributed by atoms with Gasteiger partial charge in [-0.3, -0.25) is 4.98 Å². The molecule has 3 nitrogen and oxygen atoms in total. The fourth-order valence-corrected chi connectivity index (χ4v) is 1.14. The number of rotatable bonds is 5. The van der Waals surface area contributed by atoms with Crippen molar-refractivity contribution in [3.05, 3.63) is 24.5 Å². The molecule has 0 fully saturated rings. The number of hydrogen-bond donors (Lipinski definition) is 1. The van der Waals surface area contributed by atoms with Crippen LogP contribution in [0.25, 0.3) is 0 Å². The number of hydrogen-bond acceptors (Lipinski definition) is 3. The molecule has 0 aromatic carbocycles. The zero-order valence-electron chi connectivity index (χ0n) is 9.79. The summed E-state index contributed by atoms with van der Waals surface area (Å²) in [6.07, 6.45) is 3.47. The standard InChI is InChI=1S/C12H20N2O/c1-12(2,3)10-14-7-8-15-11-5-4-6-13-9-11/h4-6,9,14H,7-8,10H2,1-3H3. The quantitative estimate of drug-likeness (QED) is 0.752. The Morgan fingerprint density at radius 3 is 2.80 bits per heavy atom. The molecule has 0 saturated heterocycles. The van der Waals surface area contributed by atoms with E-state index in [1.165, 1.54) is 0 Å². The third-order valence-electron chi connectivity index (χ3n) is 1.84. The Bertz CT molecular complexity index is 267. The molecule has 1 N–H and O–H groups in total. The van der Waals surface area contributed by atoms with Crippen LogP contribution >= 0.6 is 0 Å². The molecule has 15 heavy (non-hydrogen) atoms. The van der Waals surface area contributed by atoms with Crippen LogP contribution in [0.5, 0.6) is 5.75 Å². The molecular weight excluding hydrogens is 188 g/mol. The Balaban J connectivity index is 2.08. The molecule has 3 heteroatoms. The third-order valence-corrected chi connectivity index (χ3v) is 1.84. The van der Waals surface area contributed by atoms with Crippen LogP contribution in [0.15, 0.2) is 24.5 Å². The zero-order chi connectivity index (χ0) is 11.1. The van der Waals surface area contributed by atoms with Crippen LogP contribution in [-0.2, 0) is 0 Å². The molecule has 1 rings (SSSR count). The van der Waals surface area contributed by atoms with Gasteiger partial charge in [0, 0.05) is 19.3 Å². The molecule has 1 heterocycles. The lowest BCUT2D eigenvalue weighted by molar-refractivity contribution is 0.296. The monoisotopic (exact) mass is 208 g/mol. The van der Waals surface area contributed by atoms with Gasteiger partial charge in [0.25, 0.3) is 0 Å². The Hall–Kier alpha value is -1.09. The maximum atomic E-state index is 5.50. The van der Waals surface area contributed by atoms with Gasteiger partial charge in [0.05, 0.1) is 6.20 Å². The van der Waals surface area contributed by atoms with Crippen molar-refractivity contribution in [2.45, 2.75) is 20.8 Å². The Morgan fingerprint density at radius 2 is 2.20 bits per heavy atom. The predicted molar refractivity (Wildman–Crippen MR) is 62.1 cm³/mol. The first-order valence-corrected chi connectivity index (χ1v) is 5.31. The van der Waals surface area contributed by atoms with Gasteiger partial charge in [-0.25, -0.2) is 0 Å². The number of ether oxygens (including phenoxy) is 1. The number of nitrogens with one attached hydrogen (secondary N) is 1. The van der Waals surface area contributed by atoms with Crippen LogP contribution in [0.1, 0.15) is 20.8 Å². The van der Waals surface area contributed by atoms with Gasteiger partial charge in [-0.2, -0.15) is 0 Å². The first-order chi connectivity index (χ1) is 7.08. The second-order valence-corrected chi connectivity index (χ2v) is 4.77. The van der Waals surface area contributed by atoms with Crippen molar-refractivity contribution < 1.29 is 4.74 Å². The molecule has 0 amide bonds. The van der Waals surface area contributed by atoms with E-state index in [9.17, 15) is 0 Å². The van der Waals surface area contributed by atoms with Gasteiger partial charge in [-0.05, 0) is 17.5 Å². The fraction of sp³-hybridized carbons (Fsp3) is 0.583. The minimum Gasteiger partial charge on any atom is -0.491 e. The lowest BCUT2D eigenvalue weighted by Crippen LogP contribution is -2.30. The maximum absolute atomic E-state index is 5.50. The van der Waals surface area contributed by atoms with E-state index in [4.69, 9.17) is 4.74 Å². The van der Waals surface area contributed by atoms with Crippen molar-refractivity contribution in [3.8, 4) is 5.75 Å². The lowest BCUT2D eigenvalue weighted by Gasteiger charge is -2.18. The Kier molecular flexibility index (Phi) is 4.56. The van der Waals surface area contributed by atoms with E-state index in [0.29, 0.717) is 12.0 Å². The molecule has 0 saturated carbocycles. The van der Waals surface area contributed by atoms with E-state index in [1.54, 1.807) is 12.4 Å². The van der Waals surface area contributed by atoms with E-state index in [1.807, 2.05) is 12.1 Å². The summed E-state index contributed by atoms with van der Waals surface area (Å²) >= 11 is 0. The van der Waals surface area contributed by atoms with Gasteiger partial charge in [0.1, 0.15) is 12.4 Å². The Labute approximate surface area is 91.9 Å². The molecule has 0 aliphatic rings. The highest BCUT2D eigenvalue weighted by molar-refractivity contribution is 5.15. The molecule has 84 valence electrons. The summed E-state index contributed by atoms with van der Waals surface area (Å²) in [5.74, 6) is 0.829. The number of nitrogens with zero attached hydrogens (tertiary/aromatic N) is 1. The summed E-state index contributed by atoms with van der Waals surface area (Å²) in [5.41, 5.74) is 0.328. The highest BCUT2D eigenvalue weighted by atomic mass is 16.5. The molecule has 0 atom stereocenters. The van der Waals surface area contributed by atoms with Crippen LogP contribution in [0, 0.1) is 5.41 Å². The lowest BCUT2D eigenvalue weighted by atomic mass is 9.97. The molecule has 0 bridgehead atoms. The second kappa shape index (κ2) is 5.71. The molecule has 1 aromatic heterocycles. The summed E-state index contributed by atoms with van der Waals surface area (Å²) < 4.78 is 5.50. The van der Waals surface area contributed by atoms with E-state index in [0.717, 1.165) is 18.8 Å². The topological polar surface area (TPSA) is 34.1 Å². The molecular formula is C12H20N2O. The number of pyridine rings is 1. The maximum Gasteiger partial charge on any atom is 0.137 e. The Morgan fingerprint density at radius 1 is 1.40 bits per heavy atom. The largest absolute Gasteiger partial charge is 0.491 e. The van der Waals surface area contributed by atoms with Crippen LogP contribution in [0.4, 0.5) is 0 Å². The fourth-order valence-electron chi connectivity index (χ4n) is 1.14. The summed E-state index contributed by atoms with van der Waals surface area (Å²) in [7, 11) is 0. The summed E-state index contributed by atoms with van der Waals surface area (Å²) in [6, 6.07) is 3.79. The van der Waals surface area contributed by atoms with Crippen molar-refractivity contribution in [1.82, 2.24) is 10.3 Å². The van der Waals surface area contributed by atoms with Crippen molar-refractivity contribution >= 4 is 0 Å². The number of aromatic nitrogens is 1. The first kappa shape index (κ1) is 12.0. The van der Waals surface area contributed by atoms with Gasteiger partial charge in [-0.15, -0.1) is 0 Å². The van der Waals surface area contributed by atoms with Crippen molar-refractivity contribution in [2.24, 2.45) is 5.41 Å². The highest BCUT2D eigenvalue weighted by Crippen LogP contribution is 2.10. The van der Waals surface area contributed by atoms with E-state index >= 15 is 0 Å². The van der Waals surface area contributed by atoms with Crippen molar-refractivity contribution in [3.63, 3.8) is 0 Å². The molecule has 0 aliphatic carbocycles. The molecule has 0 radical (unpaired) electrons. The highest BCUT2D eigenvalue weighted by Gasteiger charge is 2.08. The molecule has 0 unspecified atom stereocenters. The van der Waals surface area contributed by atoms with Crippen LogP contribution in [0.2, 0.25) is 0 Å². The van der Waals surface area contributed by atoms with E-state index in [2.05, 4.69) is 31.1 Å². The van der Waals surface area contributed by atoms with E-state index < -0.39 is 0 Å². The normalized spacial score (nSPS) is 11.4. The summed E-state index contributed by atoms with van der Waals surface area (Å²) in [5, 5.41) is 3.35. The third kappa shape index (κ3) is 6.07. The van der Waals surface area contributed by atoms with Gasteiger partial charge in [0.2, 0.25) is 0 Å². The predicted octanol–water partition coefficient (Wildman–Crippen LogP) is 2.10. The molecule has 0 aliphatic heterocycles. The molecule has 1 aromatic rings. The van der Waals surface area contributed by atoms with E-state index in [-0.39, 0.29) is 0 Å². The van der Waals surface area contributed by atoms with Gasteiger partial charge in [-0.1, -0.05) is 20.8 Å². The molecule has 0 spiro atoms. The SMILES string of the molecule is CC(C)(C)CNCCOc1cccnc1. The minimum absolute atomic E-state index is 0.328. The van der Waals surface area contributed by atoms with Crippen LogP contribution in [-0.4, -0.2) is 24.7 Å². The first-order valence-electron chi connectivity index (χ1n) is 5.31. The average molecular weight is 208 g/mol. The average Bonchev–Trinajstić information content (AvgIpc) is 2.17. The minimum atomic E-state index is 0.328. The van der Waals surface area contributed by atoms with Crippen molar-refractivity contribution in [2.75, 3.05) is 19.7 Å². The van der Waals surface area contributed by atoms with Gasteiger partial charge < -0.3 is 10.1 Å². The zero-order valence-corrected chi connectivity index (χ0v) is 9.79. The smallest absolute Gasteiger partial charge is 0.137 e. The van der Waals surface area contributed by atoms with Crippen molar-refractivity contribution in [1.29, 1.82) is 0 Å². The second-order valence-electron chi connectivity index (χ2n) is 4.77.